The van der Waals surface area contributed by atoms with Crippen molar-refractivity contribution in [2.75, 3.05) is 13.2 Å². The number of nitrogens with one attached hydrogen (secondary N) is 1. The highest BCUT2D eigenvalue weighted by Gasteiger charge is 2.24. The number of carbonyl (C=O) groups is 2. The van der Waals surface area contributed by atoms with Gasteiger partial charge >= 0.3 is 5.97 Å². The Bertz CT molecular complexity index is 1030. The maximum absolute atomic E-state index is 12.5. The summed E-state index contributed by atoms with van der Waals surface area (Å²) in [5.41, 5.74) is 3.34. The average molecular weight is 413 g/mol. The summed E-state index contributed by atoms with van der Waals surface area (Å²) in [7, 11) is 0. The number of hydrogen-bond donors (Lipinski definition) is 1. The van der Waals surface area contributed by atoms with Gasteiger partial charge in [0.15, 0.2) is 6.61 Å². The highest BCUT2D eigenvalue weighted by molar-refractivity contribution is 6.33. The molecular formula is C22H21ClN2O4. The van der Waals surface area contributed by atoms with Crippen LogP contribution in [-0.2, 0) is 16.0 Å². The molecule has 7 heteroatoms. The number of aryl methyl sites for hydroxylation is 2. The van der Waals surface area contributed by atoms with E-state index in [0.717, 1.165) is 5.56 Å². The maximum Gasteiger partial charge on any atom is 0.344 e. The van der Waals surface area contributed by atoms with Gasteiger partial charge in [0.05, 0.1) is 5.02 Å². The molecule has 3 rings (SSSR count). The van der Waals surface area contributed by atoms with E-state index in [4.69, 9.17) is 20.9 Å². The zero-order valence-corrected chi connectivity index (χ0v) is 17.0. The molecular weight excluding hydrogens is 392 g/mol. The number of ether oxygens (including phenoxy) is 1. The third-order valence-electron chi connectivity index (χ3n) is 4.51. The highest BCUT2D eigenvalue weighted by atomic mass is 35.5. The summed E-state index contributed by atoms with van der Waals surface area (Å²) in [4.78, 5) is 24.6. The fourth-order valence-corrected chi connectivity index (χ4v) is 3.16. The van der Waals surface area contributed by atoms with Gasteiger partial charge in [0.1, 0.15) is 17.0 Å². The van der Waals surface area contributed by atoms with Gasteiger partial charge in [0.25, 0.3) is 5.91 Å². The van der Waals surface area contributed by atoms with Crippen molar-refractivity contribution >= 4 is 23.5 Å². The van der Waals surface area contributed by atoms with Crippen LogP contribution in [0.5, 0.6) is 0 Å². The van der Waals surface area contributed by atoms with Crippen molar-refractivity contribution in [3.8, 4) is 11.3 Å². The minimum absolute atomic E-state index is 0.158. The van der Waals surface area contributed by atoms with E-state index in [1.807, 2.05) is 31.2 Å². The van der Waals surface area contributed by atoms with Crippen LogP contribution in [0.15, 0.2) is 53.1 Å². The van der Waals surface area contributed by atoms with E-state index in [2.05, 4.69) is 10.5 Å². The normalized spacial score (nSPS) is 10.6. The van der Waals surface area contributed by atoms with Crippen LogP contribution in [0.2, 0.25) is 5.02 Å². The van der Waals surface area contributed by atoms with E-state index < -0.39 is 5.97 Å². The second-order valence-electron chi connectivity index (χ2n) is 6.54. The second kappa shape index (κ2) is 9.39. The minimum Gasteiger partial charge on any atom is -0.452 e. The molecule has 29 heavy (non-hydrogen) atoms. The maximum atomic E-state index is 12.5. The van der Waals surface area contributed by atoms with Crippen LogP contribution in [0.1, 0.15) is 27.2 Å². The topological polar surface area (TPSA) is 81.4 Å². The minimum atomic E-state index is -0.687. The molecule has 0 atom stereocenters. The molecule has 0 fully saturated rings. The quantitative estimate of drug-likeness (QED) is 0.590. The number of esters is 1. The number of benzene rings is 2. The van der Waals surface area contributed by atoms with Crippen molar-refractivity contribution in [3.63, 3.8) is 0 Å². The number of carbonyl (C=O) groups excluding carboxylic acids is 2. The molecule has 0 bridgehead atoms. The van der Waals surface area contributed by atoms with Gasteiger partial charge in [-0.05, 0) is 37.5 Å². The van der Waals surface area contributed by atoms with E-state index in [1.165, 1.54) is 5.56 Å². The van der Waals surface area contributed by atoms with Crippen molar-refractivity contribution in [2.24, 2.45) is 0 Å². The fraction of sp³-hybridized carbons (Fsp3) is 0.227. The van der Waals surface area contributed by atoms with Crippen LogP contribution >= 0.6 is 11.6 Å². The Balaban J connectivity index is 1.57. The van der Waals surface area contributed by atoms with Crippen LogP contribution in [-0.4, -0.2) is 30.2 Å². The lowest BCUT2D eigenvalue weighted by atomic mass is 10.1. The van der Waals surface area contributed by atoms with E-state index >= 15 is 0 Å². The van der Waals surface area contributed by atoms with Crippen LogP contribution in [0.25, 0.3) is 11.3 Å². The van der Waals surface area contributed by atoms with Gasteiger partial charge in [-0.25, -0.2) is 4.79 Å². The van der Waals surface area contributed by atoms with Gasteiger partial charge < -0.3 is 14.6 Å². The van der Waals surface area contributed by atoms with Crippen molar-refractivity contribution in [3.05, 3.63) is 76.0 Å². The van der Waals surface area contributed by atoms with Gasteiger partial charge in [-0.3, -0.25) is 4.79 Å². The van der Waals surface area contributed by atoms with E-state index in [1.54, 1.807) is 31.2 Å². The summed E-state index contributed by atoms with van der Waals surface area (Å²) in [6.45, 7) is 3.70. The first-order valence-electron chi connectivity index (χ1n) is 9.17. The molecule has 1 heterocycles. The van der Waals surface area contributed by atoms with E-state index in [0.29, 0.717) is 29.3 Å². The first-order chi connectivity index (χ1) is 14.0. The molecule has 1 aromatic heterocycles. The van der Waals surface area contributed by atoms with E-state index in [-0.39, 0.29) is 23.8 Å². The van der Waals surface area contributed by atoms with Gasteiger partial charge in [0, 0.05) is 12.1 Å². The van der Waals surface area contributed by atoms with Gasteiger partial charge in [0.2, 0.25) is 0 Å². The summed E-state index contributed by atoms with van der Waals surface area (Å²) in [5, 5.41) is 7.11. The van der Waals surface area contributed by atoms with Crippen molar-refractivity contribution in [1.29, 1.82) is 0 Å². The Hall–Kier alpha value is -3.12. The Morgan fingerprint density at radius 1 is 1.10 bits per heavy atom. The Labute approximate surface area is 173 Å². The second-order valence-corrected chi connectivity index (χ2v) is 6.95. The zero-order valence-electron chi connectivity index (χ0n) is 16.2. The predicted octanol–water partition coefficient (Wildman–Crippen LogP) is 4.13. The molecule has 0 aliphatic heterocycles. The summed E-state index contributed by atoms with van der Waals surface area (Å²) >= 11 is 6.19. The van der Waals surface area contributed by atoms with Gasteiger partial charge in [-0.15, -0.1) is 0 Å². The third kappa shape index (κ3) is 5.03. The molecule has 2 aromatic carbocycles. The number of aromatic nitrogens is 1. The fourth-order valence-electron chi connectivity index (χ4n) is 2.93. The average Bonchev–Trinajstić information content (AvgIpc) is 3.09. The lowest BCUT2D eigenvalue weighted by Crippen LogP contribution is -2.30. The Morgan fingerprint density at radius 2 is 1.83 bits per heavy atom. The van der Waals surface area contributed by atoms with E-state index in [9.17, 15) is 9.59 Å². The number of amides is 1. The SMILES string of the molecule is Cc1ccccc1CCNC(=O)COC(=O)c1c(-c2ccccc2Cl)noc1C. The number of halogens is 1. The number of rotatable bonds is 7. The van der Waals surface area contributed by atoms with Crippen molar-refractivity contribution in [1.82, 2.24) is 10.5 Å². The molecule has 0 spiro atoms. The molecule has 0 aliphatic carbocycles. The molecule has 0 aliphatic rings. The molecule has 6 nitrogen and oxygen atoms in total. The first kappa shape index (κ1) is 20.6. The molecule has 0 saturated heterocycles. The predicted molar refractivity (Wildman–Crippen MR) is 110 cm³/mol. The third-order valence-corrected chi connectivity index (χ3v) is 4.84. The summed E-state index contributed by atoms with van der Waals surface area (Å²) in [6, 6.07) is 15.0. The van der Waals surface area contributed by atoms with Crippen LogP contribution in [0.4, 0.5) is 0 Å². The highest BCUT2D eigenvalue weighted by Crippen LogP contribution is 2.31. The molecule has 0 saturated carbocycles. The molecule has 1 N–H and O–H groups in total. The smallest absolute Gasteiger partial charge is 0.344 e. The summed E-state index contributed by atoms with van der Waals surface area (Å²) in [6.07, 6.45) is 0.702. The summed E-state index contributed by atoms with van der Waals surface area (Å²) in [5.74, 6) is -0.766. The zero-order chi connectivity index (χ0) is 20.8. The molecule has 1 amide bonds. The lowest BCUT2D eigenvalue weighted by Gasteiger charge is -2.08. The van der Waals surface area contributed by atoms with Gasteiger partial charge in [-0.1, -0.05) is 59.2 Å². The molecule has 3 aromatic rings. The van der Waals surface area contributed by atoms with Gasteiger partial charge in [-0.2, -0.15) is 0 Å². The Morgan fingerprint density at radius 3 is 2.59 bits per heavy atom. The molecule has 0 unspecified atom stereocenters. The Kier molecular flexibility index (Phi) is 6.67. The summed E-state index contributed by atoms with van der Waals surface area (Å²) < 4.78 is 10.3. The standard InChI is InChI=1S/C22H21ClN2O4/c1-14-7-3-4-8-16(14)11-12-24-19(26)13-28-22(27)20-15(2)29-25-21(20)17-9-5-6-10-18(17)23/h3-10H,11-13H2,1-2H3,(H,24,26). The number of hydrogen-bond acceptors (Lipinski definition) is 5. The van der Waals surface area contributed by atoms with Crippen molar-refractivity contribution < 1.29 is 18.8 Å². The monoisotopic (exact) mass is 412 g/mol. The molecule has 0 radical (unpaired) electrons. The van der Waals surface area contributed by atoms with Crippen LogP contribution in [0.3, 0.4) is 0 Å². The van der Waals surface area contributed by atoms with Crippen LogP contribution in [0, 0.1) is 13.8 Å². The first-order valence-corrected chi connectivity index (χ1v) is 9.54. The largest absolute Gasteiger partial charge is 0.452 e. The van der Waals surface area contributed by atoms with Crippen LogP contribution < -0.4 is 5.32 Å². The molecule has 150 valence electrons. The van der Waals surface area contributed by atoms with Crippen molar-refractivity contribution in [2.45, 2.75) is 20.3 Å². The number of nitrogens with zero attached hydrogens (tertiary/aromatic N) is 1. The lowest BCUT2D eigenvalue weighted by molar-refractivity contribution is -0.124.